The standard InChI is InChI=1S/C65H111N2O6P/c1-6-8-10-12-14-16-18-19-20-21-22-23-24-25-26-27-28-29-30-31-32-33-34-35-36-37-38-39-40-41-42-43-44-45-46-47-49-51-53-55-57-59-65(69)66-63(62-73-74(70,71)72-61-60-67(3,4)5)64(68)58-56-54-52-50-48-17-15-13-11-9-7-2/h8,10,14,16,19-20,22-23,25-26,28-29,31-32,34-35,37-38,48,50,56,58,63-64,68H,6-7,9,11-13,15,17-18,21,24,27,30,33,36,39-47,49,51-55,57,59-62H2,1-5H3,(H-,66,69,70,71)/b10-8-,16-14-,20-19-,23-22-,26-25-,29-28-,32-31-,35-34-,38-37-,50-48+,58-56+. The van der Waals surface area contributed by atoms with Crippen molar-refractivity contribution in [3.63, 3.8) is 0 Å². The van der Waals surface area contributed by atoms with E-state index in [4.69, 9.17) is 9.05 Å². The monoisotopic (exact) mass is 1050 g/mol. The molecule has 9 heteroatoms. The molecule has 0 bridgehead atoms. The van der Waals surface area contributed by atoms with Gasteiger partial charge >= 0.3 is 0 Å². The summed E-state index contributed by atoms with van der Waals surface area (Å²) in [5.41, 5.74) is 0. The number of hydrogen-bond acceptors (Lipinski definition) is 6. The Bertz CT molecular complexity index is 1660. The summed E-state index contributed by atoms with van der Waals surface area (Å²) in [6, 6.07) is -0.910. The number of aliphatic hydroxyl groups excluding tert-OH is 1. The Morgan fingerprint density at radius 2 is 0.838 bits per heavy atom. The molecular formula is C65H111N2O6P. The number of allylic oxidation sites excluding steroid dienone is 21. The van der Waals surface area contributed by atoms with Gasteiger partial charge in [0.15, 0.2) is 0 Å². The van der Waals surface area contributed by atoms with E-state index in [1.54, 1.807) is 6.08 Å². The first-order valence-corrected chi connectivity index (χ1v) is 31.0. The Labute approximate surface area is 456 Å². The summed E-state index contributed by atoms with van der Waals surface area (Å²) >= 11 is 0. The van der Waals surface area contributed by atoms with E-state index in [1.165, 1.54) is 103 Å². The number of unbranched alkanes of at least 4 members (excludes halogenated alkanes) is 19. The van der Waals surface area contributed by atoms with Crippen molar-refractivity contribution in [2.24, 2.45) is 0 Å². The number of carbonyl (C=O) groups is 1. The number of quaternary nitrogens is 1. The number of carbonyl (C=O) groups excluding carboxylic acids is 1. The molecule has 0 aromatic rings. The SMILES string of the molecule is CC/C=C\C/C=C\C/C=C\C/C=C\C/C=C\C/C=C\C/C=C\C/C=C\C/C=C\CCCCCCCCCCCCCCCC(=O)NC(COP(=O)([O-])OCC[N+](C)(C)C)C(O)/C=C/CC/C=C/CCCCCCC. The lowest BCUT2D eigenvalue weighted by Gasteiger charge is -2.29. The third kappa shape index (κ3) is 56.4. The molecule has 0 saturated heterocycles. The first-order chi connectivity index (χ1) is 36.0. The first kappa shape index (κ1) is 70.6. The molecule has 0 rings (SSSR count). The van der Waals surface area contributed by atoms with Crippen LogP contribution < -0.4 is 10.2 Å². The second-order valence-electron chi connectivity index (χ2n) is 20.6. The van der Waals surface area contributed by atoms with Crippen molar-refractivity contribution >= 4 is 13.7 Å². The van der Waals surface area contributed by atoms with Gasteiger partial charge < -0.3 is 28.8 Å². The van der Waals surface area contributed by atoms with Gasteiger partial charge in [-0.15, -0.1) is 0 Å². The van der Waals surface area contributed by atoms with Crippen LogP contribution in [0.4, 0.5) is 0 Å². The summed E-state index contributed by atoms with van der Waals surface area (Å²) in [6.45, 7) is 4.46. The highest BCUT2D eigenvalue weighted by molar-refractivity contribution is 7.45. The van der Waals surface area contributed by atoms with Crippen LogP contribution in [-0.4, -0.2) is 68.5 Å². The van der Waals surface area contributed by atoms with Crippen molar-refractivity contribution in [2.45, 2.75) is 231 Å². The Morgan fingerprint density at radius 1 is 0.486 bits per heavy atom. The van der Waals surface area contributed by atoms with Crippen LogP contribution in [0.25, 0.3) is 0 Å². The zero-order chi connectivity index (χ0) is 54.2. The lowest BCUT2D eigenvalue weighted by molar-refractivity contribution is -0.870. The quantitative estimate of drug-likeness (QED) is 0.0272. The van der Waals surface area contributed by atoms with Crippen LogP contribution >= 0.6 is 7.82 Å². The lowest BCUT2D eigenvalue weighted by atomic mass is 10.0. The van der Waals surface area contributed by atoms with Crippen molar-refractivity contribution in [2.75, 3.05) is 40.9 Å². The van der Waals surface area contributed by atoms with E-state index in [9.17, 15) is 19.4 Å². The van der Waals surface area contributed by atoms with Crippen LogP contribution in [-0.2, 0) is 18.4 Å². The number of hydrogen-bond donors (Lipinski definition) is 2. The summed E-state index contributed by atoms with van der Waals surface area (Å²) in [4.78, 5) is 25.4. The molecule has 1 amide bonds. The third-order valence-electron chi connectivity index (χ3n) is 12.3. The molecule has 422 valence electrons. The number of aliphatic hydroxyl groups is 1. The fraction of sp³-hybridized carbons (Fsp3) is 0.646. The minimum atomic E-state index is -4.61. The average Bonchev–Trinajstić information content (AvgIpc) is 3.36. The van der Waals surface area contributed by atoms with Gasteiger partial charge in [-0.05, 0) is 103 Å². The maximum absolute atomic E-state index is 12.9. The van der Waals surface area contributed by atoms with E-state index in [-0.39, 0.29) is 12.5 Å². The number of rotatable bonds is 52. The van der Waals surface area contributed by atoms with Crippen LogP contribution in [0.1, 0.15) is 219 Å². The number of phosphoric acid groups is 1. The second-order valence-corrected chi connectivity index (χ2v) is 22.0. The number of nitrogens with zero attached hydrogens (tertiary/aromatic N) is 1. The number of likely N-dealkylation sites (N-methyl/N-ethyl adjacent to an activating group) is 1. The van der Waals surface area contributed by atoms with E-state index in [0.29, 0.717) is 17.4 Å². The van der Waals surface area contributed by atoms with Crippen molar-refractivity contribution in [1.29, 1.82) is 0 Å². The van der Waals surface area contributed by atoms with Crippen LogP contribution in [0.5, 0.6) is 0 Å². The molecule has 0 spiro atoms. The molecule has 3 atom stereocenters. The zero-order valence-electron chi connectivity index (χ0n) is 48.0. The summed E-state index contributed by atoms with van der Waals surface area (Å²) in [7, 11) is 1.23. The van der Waals surface area contributed by atoms with E-state index in [2.05, 4.69) is 141 Å². The van der Waals surface area contributed by atoms with Crippen LogP contribution in [0.15, 0.2) is 134 Å². The van der Waals surface area contributed by atoms with Gasteiger partial charge in [0, 0.05) is 6.42 Å². The van der Waals surface area contributed by atoms with Gasteiger partial charge in [-0.25, -0.2) is 0 Å². The van der Waals surface area contributed by atoms with E-state index >= 15 is 0 Å². The van der Waals surface area contributed by atoms with Crippen molar-refractivity contribution in [3.8, 4) is 0 Å². The highest BCUT2D eigenvalue weighted by atomic mass is 31.2. The molecule has 3 unspecified atom stereocenters. The minimum Gasteiger partial charge on any atom is -0.756 e. The molecule has 0 aliphatic rings. The Kier molecular flexibility index (Phi) is 52.0. The normalized spacial score (nSPS) is 14.9. The largest absolute Gasteiger partial charge is 0.756 e. The van der Waals surface area contributed by atoms with Crippen LogP contribution in [0.3, 0.4) is 0 Å². The molecule has 2 N–H and O–H groups in total. The summed E-state index contributed by atoms with van der Waals surface area (Å²) < 4.78 is 23.2. The average molecular weight is 1050 g/mol. The second kappa shape index (κ2) is 54.4. The number of phosphoric ester groups is 1. The van der Waals surface area contributed by atoms with Gasteiger partial charge in [0.25, 0.3) is 7.82 Å². The maximum Gasteiger partial charge on any atom is 0.268 e. The van der Waals surface area contributed by atoms with Gasteiger partial charge in [-0.3, -0.25) is 9.36 Å². The smallest absolute Gasteiger partial charge is 0.268 e. The summed E-state index contributed by atoms with van der Waals surface area (Å²) in [5, 5.41) is 13.8. The summed E-state index contributed by atoms with van der Waals surface area (Å²) in [5.74, 6) is -0.215. The Hall–Kier alpha value is -3.36. The number of amides is 1. The van der Waals surface area contributed by atoms with E-state index < -0.39 is 26.6 Å². The van der Waals surface area contributed by atoms with Crippen molar-refractivity contribution in [1.82, 2.24) is 5.32 Å². The first-order valence-electron chi connectivity index (χ1n) is 29.5. The molecule has 74 heavy (non-hydrogen) atoms. The van der Waals surface area contributed by atoms with Gasteiger partial charge in [-0.2, -0.15) is 0 Å². The molecule has 0 aromatic carbocycles. The fourth-order valence-electron chi connectivity index (χ4n) is 7.75. The predicted molar refractivity (Wildman–Crippen MR) is 320 cm³/mol. The van der Waals surface area contributed by atoms with Gasteiger partial charge in [0.1, 0.15) is 13.2 Å². The van der Waals surface area contributed by atoms with Crippen LogP contribution in [0.2, 0.25) is 0 Å². The van der Waals surface area contributed by atoms with Gasteiger partial charge in [0.2, 0.25) is 5.91 Å². The predicted octanol–water partition coefficient (Wildman–Crippen LogP) is 17.7. The van der Waals surface area contributed by atoms with Gasteiger partial charge in [-0.1, -0.05) is 244 Å². The van der Waals surface area contributed by atoms with E-state index in [0.717, 1.165) is 96.3 Å². The molecule has 0 heterocycles. The molecule has 0 radical (unpaired) electrons. The molecule has 0 aliphatic heterocycles. The minimum absolute atomic E-state index is 0.0120. The van der Waals surface area contributed by atoms with Gasteiger partial charge in [0.05, 0.1) is 39.9 Å². The topological polar surface area (TPSA) is 108 Å². The van der Waals surface area contributed by atoms with Crippen molar-refractivity contribution in [3.05, 3.63) is 134 Å². The fourth-order valence-corrected chi connectivity index (χ4v) is 8.47. The van der Waals surface area contributed by atoms with Crippen LogP contribution in [0, 0.1) is 0 Å². The van der Waals surface area contributed by atoms with Crippen molar-refractivity contribution < 1.29 is 32.9 Å². The molecule has 0 aliphatic carbocycles. The molecular weight excluding hydrogens is 936 g/mol. The summed E-state index contributed by atoms with van der Waals surface area (Å²) in [6.07, 6.45) is 82.7. The number of nitrogens with one attached hydrogen (secondary N) is 1. The highest BCUT2D eigenvalue weighted by Gasteiger charge is 2.23. The van der Waals surface area contributed by atoms with E-state index in [1.807, 2.05) is 27.2 Å². The molecule has 0 aromatic heterocycles. The Balaban J connectivity index is 4.02. The molecule has 0 saturated carbocycles. The molecule has 8 nitrogen and oxygen atoms in total. The Morgan fingerprint density at radius 3 is 1.26 bits per heavy atom. The maximum atomic E-state index is 12.9. The third-order valence-corrected chi connectivity index (χ3v) is 13.3. The molecule has 0 fully saturated rings. The highest BCUT2D eigenvalue weighted by Crippen LogP contribution is 2.38. The lowest BCUT2D eigenvalue weighted by Crippen LogP contribution is -2.45. The zero-order valence-corrected chi connectivity index (χ0v) is 48.9.